The fourth-order valence-electron chi connectivity index (χ4n) is 1.57. The van der Waals surface area contributed by atoms with Crippen molar-refractivity contribution in [2.24, 2.45) is 0 Å². The maximum Gasteiger partial charge on any atom is 0.325 e. The number of aliphatic carboxylic acids is 1. The molecule has 16 heavy (non-hydrogen) atoms. The van der Waals surface area contributed by atoms with Crippen molar-refractivity contribution in [3.63, 3.8) is 0 Å². The predicted molar refractivity (Wildman–Crippen MR) is 60.5 cm³/mol. The number of carboxylic acid groups (broad SMARTS) is 1. The summed E-state index contributed by atoms with van der Waals surface area (Å²) < 4.78 is 28.0. The molecule has 1 heterocycles. The van der Waals surface area contributed by atoms with Crippen LogP contribution >= 0.6 is 11.8 Å². The largest absolute Gasteiger partial charge is 0.480 e. The number of carboxylic acids is 1. The smallest absolute Gasteiger partial charge is 0.325 e. The van der Waals surface area contributed by atoms with Crippen LogP contribution in [0.3, 0.4) is 0 Å². The lowest BCUT2D eigenvalue weighted by Gasteiger charge is -2.24. The van der Waals surface area contributed by atoms with Crippen molar-refractivity contribution in [2.75, 3.05) is 11.5 Å². The van der Waals surface area contributed by atoms with E-state index in [9.17, 15) is 13.2 Å². The SMILES string of the molecule is O=C(O)C1(NS(=O)(=O)NC2CC2)CCSC1. The van der Waals surface area contributed by atoms with Gasteiger partial charge in [0.2, 0.25) is 0 Å². The molecule has 0 aromatic carbocycles. The van der Waals surface area contributed by atoms with Crippen LogP contribution in [0.2, 0.25) is 0 Å². The first-order valence-corrected chi connectivity index (χ1v) is 7.70. The summed E-state index contributed by atoms with van der Waals surface area (Å²) in [4.78, 5) is 11.1. The van der Waals surface area contributed by atoms with Crippen LogP contribution in [0.15, 0.2) is 0 Å². The van der Waals surface area contributed by atoms with Gasteiger partial charge in [0, 0.05) is 11.8 Å². The zero-order valence-electron chi connectivity index (χ0n) is 8.60. The van der Waals surface area contributed by atoms with E-state index >= 15 is 0 Å². The molecule has 2 aliphatic rings. The molecule has 0 radical (unpaired) electrons. The zero-order valence-corrected chi connectivity index (χ0v) is 10.2. The molecule has 92 valence electrons. The van der Waals surface area contributed by atoms with Gasteiger partial charge in [-0.1, -0.05) is 0 Å². The van der Waals surface area contributed by atoms with Crippen LogP contribution < -0.4 is 9.44 Å². The minimum Gasteiger partial charge on any atom is -0.480 e. The van der Waals surface area contributed by atoms with Crippen LogP contribution in [0.5, 0.6) is 0 Å². The molecule has 1 saturated heterocycles. The Kier molecular flexibility index (Phi) is 3.17. The van der Waals surface area contributed by atoms with Gasteiger partial charge in [0.25, 0.3) is 10.2 Å². The third-order valence-electron chi connectivity index (χ3n) is 2.66. The highest BCUT2D eigenvalue weighted by Crippen LogP contribution is 2.29. The topological polar surface area (TPSA) is 95.5 Å². The predicted octanol–water partition coefficient (Wildman–Crippen LogP) is -0.467. The third-order valence-corrected chi connectivity index (χ3v) is 5.15. The lowest BCUT2D eigenvalue weighted by atomic mass is 10.0. The summed E-state index contributed by atoms with van der Waals surface area (Å²) in [6, 6.07) is -0.0163. The molecule has 0 aromatic heterocycles. The normalized spacial score (nSPS) is 30.5. The van der Waals surface area contributed by atoms with Crippen LogP contribution in [0.25, 0.3) is 0 Å². The first-order chi connectivity index (χ1) is 7.44. The van der Waals surface area contributed by atoms with E-state index in [1.54, 1.807) is 0 Å². The highest BCUT2D eigenvalue weighted by Gasteiger charge is 2.45. The van der Waals surface area contributed by atoms with Crippen molar-refractivity contribution >= 4 is 27.9 Å². The van der Waals surface area contributed by atoms with Gasteiger partial charge in [0.1, 0.15) is 5.54 Å². The average molecular weight is 266 g/mol. The second kappa shape index (κ2) is 4.17. The Labute approximate surface area is 98.4 Å². The second-order valence-electron chi connectivity index (χ2n) is 4.19. The van der Waals surface area contributed by atoms with Crippen molar-refractivity contribution in [1.82, 2.24) is 9.44 Å². The van der Waals surface area contributed by atoms with E-state index in [0.717, 1.165) is 12.8 Å². The number of rotatable bonds is 5. The fraction of sp³-hybridized carbons (Fsp3) is 0.875. The first-order valence-electron chi connectivity index (χ1n) is 5.06. The molecular weight excluding hydrogens is 252 g/mol. The number of hydrogen-bond acceptors (Lipinski definition) is 4. The Balaban J connectivity index is 2.07. The Bertz CT molecular complexity index is 385. The lowest BCUT2D eigenvalue weighted by molar-refractivity contribution is -0.142. The third kappa shape index (κ3) is 2.68. The number of carbonyl (C=O) groups is 1. The summed E-state index contributed by atoms with van der Waals surface area (Å²) in [6.07, 6.45) is 1.99. The molecule has 0 amide bonds. The Morgan fingerprint density at radius 3 is 2.56 bits per heavy atom. The van der Waals surface area contributed by atoms with Crippen LogP contribution in [-0.2, 0) is 15.0 Å². The van der Waals surface area contributed by atoms with Gasteiger partial charge in [0.05, 0.1) is 0 Å². The molecule has 0 spiro atoms. The average Bonchev–Trinajstić information content (AvgIpc) is 2.80. The van der Waals surface area contributed by atoms with E-state index in [4.69, 9.17) is 5.11 Å². The van der Waals surface area contributed by atoms with Crippen molar-refractivity contribution in [3.8, 4) is 0 Å². The van der Waals surface area contributed by atoms with Gasteiger partial charge in [-0.2, -0.15) is 29.6 Å². The first kappa shape index (κ1) is 12.2. The molecule has 2 rings (SSSR count). The van der Waals surface area contributed by atoms with E-state index in [1.165, 1.54) is 11.8 Å². The van der Waals surface area contributed by atoms with Crippen LogP contribution in [0.1, 0.15) is 19.3 Å². The molecule has 3 N–H and O–H groups in total. The van der Waals surface area contributed by atoms with E-state index in [-0.39, 0.29) is 11.8 Å². The molecule has 1 saturated carbocycles. The summed E-state index contributed by atoms with van der Waals surface area (Å²) in [7, 11) is -3.70. The minimum atomic E-state index is -3.70. The van der Waals surface area contributed by atoms with Gasteiger partial charge in [-0.05, 0) is 25.0 Å². The lowest BCUT2D eigenvalue weighted by Crippen LogP contribution is -2.57. The van der Waals surface area contributed by atoms with Gasteiger partial charge in [0.15, 0.2) is 0 Å². The Morgan fingerprint density at radius 2 is 2.12 bits per heavy atom. The summed E-state index contributed by atoms with van der Waals surface area (Å²) in [6.45, 7) is 0. The van der Waals surface area contributed by atoms with Gasteiger partial charge in [-0.25, -0.2) is 0 Å². The monoisotopic (exact) mass is 266 g/mol. The maximum absolute atomic E-state index is 11.7. The van der Waals surface area contributed by atoms with E-state index in [2.05, 4.69) is 9.44 Å². The van der Waals surface area contributed by atoms with E-state index in [0.29, 0.717) is 12.2 Å². The molecule has 0 bridgehead atoms. The van der Waals surface area contributed by atoms with Gasteiger partial charge in [-0.15, -0.1) is 0 Å². The van der Waals surface area contributed by atoms with Crippen LogP contribution in [0.4, 0.5) is 0 Å². The molecule has 0 aromatic rings. The fourth-order valence-corrected chi connectivity index (χ4v) is 4.49. The number of thioether (sulfide) groups is 1. The Hall–Kier alpha value is -0.310. The molecule has 6 nitrogen and oxygen atoms in total. The standard InChI is InChI=1S/C8H14N2O4S2/c11-7(12)8(3-4-15-5-8)10-16(13,14)9-6-1-2-6/h6,9-10H,1-5H2,(H,11,12). The van der Waals surface area contributed by atoms with E-state index in [1.807, 2.05) is 0 Å². The van der Waals surface area contributed by atoms with Crippen molar-refractivity contribution < 1.29 is 18.3 Å². The summed E-state index contributed by atoms with van der Waals surface area (Å²) in [5, 5.41) is 9.11. The van der Waals surface area contributed by atoms with E-state index < -0.39 is 21.7 Å². The van der Waals surface area contributed by atoms with Gasteiger partial charge >= 0.3 is 5.97 Å². The summed E-state index contributed by atoms with van der Waals surface area (Å²) in [5.74, 6) is -0.148. The van der Waals surface area contributed by atoms with Gasteiger partial charge < -0.3 is 5.11 Å². The van der Waals surface area contributed by atoms with Crippen molar-refractivity contribution in [2.45, 2.75) is 30.8 Å². The molecular formula is C8H14N2O4S2. The molecule has 8 heteroatoms. The molecule has 1 unspecified atom stereocenters. The zero-order chi connectivity index (χ0) is 11.8. The molecule has 1 atom stereocenters. The van der Waals surface area contributed by atoms with Gasteiger partial charge in [-0.3, -0.25) is 4.79 Å². The number of hydrogen-bond donors (Lipinski definition) is 3. The number of nitrogens with one attached hydrogen (secondary N) is 2. The van der Waals surface area contributed by atoms with Crippen LogP contribution in [-0.4, -0.2) is 42.6 Å². The highest BCUT2D eigenvalue weighted by atomic mass is 32.2. The summed E-state index contributed by atoms with van der Waals surface area (Å²) in [5.41, 5.74) is -1.33. The maximum atomic E-state index is 11.7. The quantitative estimate of drug-likeness (QED) is 0.625. The second-order valence-corrected chi connectivity index (χ2v) is 6.74. The molecule has 2 fully saturated rings. The van der Waals surface area contributed by atoms with Crippen molar-refractivity contribution in [1.29, 1.82) is 0 Å². The van der Waals surface area contributed by atoms with Crippen LogP contribution in [0, 0.1) is 0 Å². The Morgan fingerprint density at radius 1 is 1.44 bits per heavy atom. The van der Waals surface area contributed by atoms with Crippen molar-refractivity contribution in [3.05, 3.63) is 0 Å². The molecule has 1 aliphatic carbocycles. The minimum absolute atomic E-state index is 0.0163. The molecule has 1 aliphatic heterocycles. The highest BCUT2D eigenvalue weighted by molar-refractivity contribution is 7.99. The summed E-state index contributed by atoms with van der Waals surface area (Å²) >= 11 is 1.45.